The van der Waals surface area contributed by atoms with E-state index in [9.17, 15) is 0 Å². The van der Waals surface area contributed by atoms with E-state index in [0.717, 1.165) is 12.8 Å². The van der Waals surface area contributed by atoms with Crippen LogP contribution in [0.25, 0.3) is 0 Å². The Labute approximate surface area is 97.5 Å². The van der Waals surface area contributed by atoms with E-state index in [1.807, 2.05) is 6.08 Å². The molecular weight excluding hydrogens is 260 g/mol. The van der Waals surface area contributed by atoms with Gasteiger partial charge < -0.3 is 9.47 Å². The molecule has 5 heteroatoms. The average Bonchev–Trinajstić information content (AvgIpc) is 2.26. The van der Waals surface area contributed by atoms with Crippen LogP contribution in [-0.4, -0.2) is 23.7 Å². The number of hydrogen-bond donors (Lipinski definition) is 0. The second kappa shape index (κ2) is 6.40. The van der Waals surface area contributed by atoms with Crippen molar-refractivity contribution in [2.24, 2.45) is 0 Å². The number of rotatable bonds is 6. The van der Waals surface area contributed by atoms with Crippen molar-refractivity contribution in [1.29, 1.82) is 0 Å². The van der Waals surface area contributed by atoms with Crippen molar-refractivity contribution in [3.8, 4) is 11.9 Å². The molecule has 0 N–H and O–H groups in total. The summed E-state index contributed by atoms with van der Waals surface area (Å²) in [6, 6.07) is 0.333. The molecule has 0 unspecified atom stereocenters. The molecule has 1 aromatic heterocycles. The highest BCUT2D eigenvalue weighted by Gasteiger charge is 2.05. The van der Waals surface area contributed by atoms with E-state index in [-0.39, 0.29) is 0 Å². The number of methoxy groups -OCH3 is 1. The van der Waals surface area contributed by atoms with Gasteiger partial charge in [0.2, 0.25) is 5.88 Å². The molecule has 0 aromatic carbocycles. The van der Waals surface area contributed by atoms with Gasteiger partial charge in [0.25, 0.3) is 0 Å². The summed E-state index contributed by atoms with van der Waals surface area (Å²) in [4.78, 5) is 8.06. The molecule has 0 spiro atoms. The van der Waals surface area contributed by atoms with E-state index >= 15 is 0 Å². The molecule has 1 aromatic rings. The van der Waals surface area contributed by atoms with E-state index in [1.54, 1.807) is 13.3 Å². The lowest BCUT2D eigenvalue weighted by atomic mass is 10.3. The predicted molar refractivity (Wildman–Crippen MR) is 61.2 cm³/mol. The van der Waals surface area contributed by atoms with E-state index in [0.29, 0.717) is 23.0 Å². The summed E-state index contributed by atoms with van der Waals surface area (Å²) in [6.45, 7) is 4.21. The third-order valence-corrected chi connectivity index (χ3v) is 2.21. The van der Waals surface area contributed by atoms with E-state index in [1.165, 1.54) is 0 Å². The fourth-order valence-electron chi connectivity index (χ4n) is 0.940. The van der Waals surface area contributed by atoms with Gasteiger partial charge in [-0.05, 0) is 28.8 Å². The van der Waals surface area contributed by atoms with E-state index < -0.39 is 0 Å². The first-order valence-corrected chi connectivity index (χ1v) is 5.37. The van der Waals surface area contributed by atoms with Gasteiger partial charge in [-0.3, -0.25) is 0 Å². The standard InChI is InChI=1S/C10H13BrN2O2/c1-3-4-5-6-15-10-12-7-8(11)9(13-10)14-2/h3,7H,1,4-6H2,2H3. The minimum absolute atomic E-state index is 0.333. The van der Waals surface area contributed by atoms with E-state index in [2.05, 4.69) is 32.5 Å². The molecule has 4 nitrogen and oxygen atoms in total. The van der Waals surface area contributed by atoms with Crippen LogP contribution in [0.4, 0.5) is 0 Å². The first kappa shape index (κ1) is 12.0. The molecule has 1 rings (SSSR count). The van der Waals surface area contributed by atoms with Crippen LogP contribution in [0, 0.1) is 0 Å². The second-order valence-electron chi connectivity index (χ2n) is 2.79. The Hall–Kier alpha value is -1.10. The molecule has 0 fully saturated rings. The van der Waals surface area contributed by atoms with Gasteiger partial charge in [0.15, 0.2) is 0 Å². The Morgan fingerprint density at radius 2 is 2.40 bits per heavy atom. The fraction of sp³-hybridized carbons (Fsp3) is 0.400. The summed E-state index contributed by atoms with van der Waals surface area (Å²) in [7, 11) is 1.55. The molecule has 0 radical (unpaired) electrons. The number of allylic oxidation sites excluding steroid dienone is 1. The number of hydrogen-bond acceptors (Lipinski definition) is 4. The summed E-state index contributed by atoms with van der Waals surface area (Å²) in [5.41, 5.74) is 0. The van der Waals surface area contributed by atoms with Crippen molar-refractivity contribution in [1.82, 2.24) is 9.97 Å². The topological polar surface area (TPSA) is 44.2 Å². The van der Waals surface area contributed by atoms with Crippen molar-refractivity contribution < 1.29 is 9.47 Å². The Balaban J connectivity index is 2.50. The molecule has 0 saturated carbocycles. The Morgan fingerprint density at radius 1 is 1.60 bits per heavy atom. The minimum atomic E-state index is 0.333. The van der Waals surface area contributed by atoms with Crippen molar-refractivity contribution in [2.45, 2.75) is 12.8 Å². The summed E-state index contributed by atoms with van der Waals surface area (Å²) >= 11 is 3.26. The van der Waals surface area contributed by atoms with Gasteiger partial charge in [-0.25, -0.2) is 4.98 Å². The van der Waals surface area contributed by atoms with Crippen molar-refractivity contribution in [2.75, 3.05) is 13.7 Å². The summed E-state index contributed by atoms with van der Waals surface area (Å²) in [6.07, 6.45) is 5.29. The highest BCUT2D eigenvalue weighted by atomic mass is 79.9. The van der Waals surface area contributed by atoms with Gasteiger partial charge in [0.05, 0.1) is 24.4 Å². The van der Waals surface area contributed by atoms with Gasteiger partial charge in [0, 0.05) is 0 Å². The van der Waals surface area contributed by atoms with Crippen molar-refractivity contribution >= 4 is 15.9 Å². The highest BCUT2D eigenvalue weighted by molar-refractivity contribution is 9.10. The van der Waals surface area contributed by atoms with Gasteiger partial charge in [-0.15, -0.1) is 6.58 Å². The SMILES string of the molecule is C=CCCCOc1ncc(Br)c(OC)n1. The molecule has 1 heterocycles. The second-order valence-corrected chi connectivity index (χ2v) is 3.64. The minimum Gasteiger partial charge on any atom is -0.480 e. The summed E-state index contributed by atoms with van der Waals surface area (Å²) in [5.74, 6) is 0.476. The lowest BCUT2D eigenvalue weighted by Gasteiger charge is -2.05. The number of ether oxygens (including phenoxy) is 2. The van der Waals surface area contributed by atoms with Crippen LogP contribution in [0.3, 0.4) is 0 Å². The van der Waals surface area contributed by atoms with Gasteiger partial charge in [-0.1, -0.05) is 6.08 Å². The van der Waals surface area contributed by atoms with Crippen LogP contribution >= 0.6 is 15.9 Å². The molecule has 0 bridgehead atoms. The Kier molecular flexibility index (Phi) is 5.10. The molecule has 0 atom stereocenters. The van der Waals surface area contributed by atoms with Crippen LogP contribution in [0.1, 0.15) is 12.8 Å². The predicted octanol–water partition coefficient (Wildman–Crippen LogP) is 2.59. The number of aromatic nitrogens is 2. The van der Waals surface area contributed by atoms with Crippen molar-refractivity contribution in [3.63, 3.8) is 0 Å². The molecule has 0 aliphatic rings. The smallest absolute Gasteiger partial charge is 0.319 e. The molecule has 0 amide bonds. The average molecular weight is 273 g/mol. The zero-order chi connectivity index (χ0) is 11.1. The van der Waals surface area contributed by atoms with Crippen LogP contribution in [0.5, 0.6) is 11.9 Å². The first-order chi connectivity index (χ1) is 7.27. The maximum absolute atomic E-state index is 5.33. The van der Waals surface area contributed by atoms with E-state index in [4.69, 9.17) is 9.47 Å². The maximum Gasteiger partial charge on any atom is 0.319 e. The normalized spacial score (nSPS) is 9.73. The Morgan fingerprint density at radius 3 is 3.07 bits per heavy atom. The molecule has 0 saturated heterocycles. The number of nitrogens with zero attached hydrogens (tertiary/aromatic N) is 2. The molecule has 82 valence electrons. The first-order valence-electron chi connectivity index (χ1n) is 4.58. The van der Waals surface area contributed by atoms with Crippen LogP contribution in [0.2, 0.25) is 0 Å². The van der Waals surface area contributed by atoms with Crippen LogP contribution < -0.4 is 9.47 Å². The molecule has 0 aliphatic heterocycles. The monoisotopic (exact) mass is 272 g/mol. The fourth-order valence-corrected chi connectivity index (χ4v) is 1.29. The Bertz CT molecular complexity index is 331. The van der Waals surface area contributed by atoms with Crippen molar-refractivity contribution in [3.05, 3.63) is 23.3 Å². The third kappa shape index (κ3) is 3.87. The molecule has 15 heavy (non-hydrogen) atoms. The molecule has 0 aliphatic carbocycles. The number of halogens is 1. The quantitative estimate of drug-likeness (QED) is 0.590. The lowest BCUT2D eigenvalue weighted by Crippen LogP contribution is -2.02. The third-order valence-electron chi connectivity index (χ3n) is 1.67. The molecular formula is C10H13BrN2O2. The van der Waals surface area contributed by atoms with Crippen LogP contribution in [-0.2, 0) is 0 Å². The lowest BCUT2D eigenvalue weighted by molar-refractivity contribution is 0.280. The number of unbranched alkanes of at least 4 members (excludes halogenated alkanes) is 1. The zero-order valence-corrected chi connectivity index (χ0v) is 10.2. The maximum atomic E-state index is 5.33. The summed E-state index contributed by atoms with van der Waals surface area (Å²) in [5, 5.41) is 0. The largest absolute Gasteiger partial charge is 0.480 e. The van der Waals surface area contributed by atoms with Gasteiger partial charge in [-0.2, -0.15) is 4.98 Å². The highest BCUT2D eigenvalue weighted by Crippen LogP contribution is 2.22. The van der Waals surface area contributed by atoms with Gasteiger partial charge >= 0.3 is 6.01 Å². The zero-order valence-electron chi connectivity index (χ0n) is 8.57. The summed E-state index contributed by atoms with van der Waals surface area (Å²) < 4.78 is 11.1. The van der Waals surface area contributed by atoms with Crippen LogP contribution in [0.15, 0.2) is 23.3 Å². The van der Waals surface area contributed by atoms with Gasteiger partial charge in [0.1, 0.15) is 0 Å².